The molecular formula is C13H19NO2. The largest absolute Gasteiger partial charge is 0.394 e. The number of aliphatic hydroxyl groups is 1. The van der Waals surface area contributed by atoms with E-state index in [-0.39, 0.29) is 18.6 Å². The molecule has 1 atom stereocenters. The molecule has 0 spiro atoms. The van der Waals surface area contributed by atoms with E-state index in [9.17, 15) is 4.79 Å². The van der Waals surface area contributed by atoms with Crippen LogP contribution in [0.5, 0.6) is 0 Å². The highest BCUT2D eigenvalue weighted by Crippen LogP contribution is 2.16. The zero-order valence-corrected chi connectivity index (χ0v) is 10.3. The topological polar surface area (TPSA) is 49.3 Å². The predicted octanol–water partition coefficient (Wildman–Crippen LogP) is 1.72. The second-order valence-electron chi connectivity index (χ2n) is 4.33. The summed E-state index contributed by atoms with van der Waals surface area (Å²) in [4.78, 5) is 11.9. The van der Waals surface area contributed by atoms with Crippen LogP contribution in [0.1, 0.15) is 34.0 Å². The van der Waals surface area contributed by atoms with E-state index in [0.29, 0.717) is 5.56 Å². The molecule has 0 bridgehead atoms. The highest BCUT2D eigenvalue weighted by molar-refractivity contribution is 5.97. The van der Waals surface area contributed by atoms with Crippen LogP contribution in [0.4, 0.5) is 0 Å². The van der Waals surface area contributed by atoms with Crippen molar-refractivity contribution in [3.63, 3.8) is 0 Å². The molecular weight excluding hydrogens is 202 g/mol. The fourth-order valence-corrected chi connectivity index (χ4v) is 1.88. The molecule has 3 nitrogen and oxygen atoms in total. The first-order valence-corrected chi connectivity index (χ1v) is 5.45. The van der Waals surface area contributed by atoms with Crippen LogP contribution in [0.3, 0.4) is 0 Å². The SMILES string of the molecule is Cc1cc(C)c(C(=O)N[C@H](C)CO)c(C)c1. The predicted molar refractivity (Wildman–Crippen MR) is 64.7 cm³/mol. The van der Waals surface area contributed by atoms with Crippen LogP contribution in [0, 0.1) is 20.8 Å². The number of aliphatic hydroxyl groups excluding tert-OH is 1. The van der Waals surface area contributed by atoms with E-state index in [0.717, 1.165) is 16.7 Å². The molecule has 1 aromatic rings. The molecule has 0 aliphatic rings. The van der Waals surface area contributed by atoms with E-state index < -0.39 is 0 Å². The third-order valence-corrected chi connectivity index (χ3v) is 2.56. The lowest BCUT2D eigenvalue weighted by Gasteiger charge is -2.14. The van der Waals surface area contributed by atoms with Gasteiger partial charge in [0.15, 0.2) is 0 Å². The number of hydrogen-bond acceptors (Lipinski definition) is 2. The Hall–Kier alpha value is -1.35. The van der Waals surface area contributed by atoms with Crippen LogP contribution in [-0.2, 0) is 0 Å². The molecule has 0 saturated carbocycles. The van der Waals surface area contributed by atoms with Crippen molar-refractivity contribution in [2.75, 3.05) is 6.61 Å². The van der Waals surface area contributed by atoms with Gasteiger partial charge >= 0.3 is 0 Å². The van der Waals surface area contributed by atoms with Crippen molar-refractivity contribution in [1.29, 1.82) is 0 Å². The molecule has 3 heteroatoms. The summed E-state index contributed by atoms with van der Waals surface area (Å²) < 4.78 is 0. The number of hydrogen-bond donors (Lipinski definition) is 2. The van der Waals surface area contributed by atoms with Crippen LogP contribution in [0.15, 0.2) is 12.1 Å². The van der Waals surface area contributed by atoms with Crippen LogP contribution in [0.2, 0.25) is 0 Å². The summed E-state index contributed by atoms with van der Waals surface area (Å²) in [6.45, 7) is 7.60. The third-order valence-electron chi connectivity index (χ3n) is 2.56. The van der Waals surface area contributed by atoms with Crippen molar-refractivity contribution in [2.45, 2.75) is 33.7 Å². The van der Waals surface area contributed by atoms with Gasteiger partial charge in [-0.2, -0.15) is 0 Å². The first-order chi connectivity index (χ1) is 7.45. The van der Waals surface area contributed by atoms with Crippen LogP contribution < -0.4 is 5.32 Å². The summed E-state index contributed by atoms with van der Waals surface area (Å²) in [6, 6.07) is 3.77. The Balaban J connectivity index is 3.00. The summed E-state index contributed by atoms with van der Waals surface area (Å²) in [7, 11) is 0. The molecule has 0 unspecified atom stereocenters. The maximum Gasteiger partial charge on any atom is 0.252 e. The monoisotopic (exact) mass is 221 g/mol. The van der Waals surface area contributed by atoms with Gasteiger partial charge < -0.3 is 10.4 Å². The second kappa shape index (κ2) is 5.12. The molecule has 0 aliphatic carbocycles. The van der Waals surface area contributed by atoms with E-state index >= 15 is 0 Å². The van der Waals surface area contributed by atoms with Crippen LogP contribution in [-0.4, -0.2) is 23.7 Å². The van der Waals surface area contributed by atoms with Gasteiger partial charge in [0, 0.05) is 11.6 Å². The average molecular weight is 221 g/mol. The maximum absolute atomic E-state index is 11.9. The van der Waals surface area contributed by atoms with Crippen LogP contribution in [0.25, 0.3) is 0 Å². The smallest absolute Gasteiger partial charge is 0.252 e. The Bertz CT molecular complexity index is 376. The minimum atomic E-state index is -0.215. The minimum Gasteiger partial charge on any atom is -0.394 e. The molecule has 1 amide bonds. The Morgan fingerprint density at radius 3 is 2.25 bits per heavy atom. The number of aryl methyl sites for hydroxylation is 3. The van der Waals surface area contributed by atoms with E-state index in [4.69, 9.17) is 5.11 Å². The van der Waals surface area contributed by atoms with Gasteiger partial charge in [0.25, 0.3) is 5.91 Å². The van der Waals surface area contributed by atoms with E-state index in [1.165, 1.54) is 0 Å². The fraction of sp³-hybridized carbons (Fsp3) is 0.462. The van der Waals surface area contributed by atoms with Gasteiger partial charge in [0.1, 0.15) is 0 Å². The quantitative estimate of drug-likeness (QED) is 0.816. The summed E-state index contributed by atoms with van der Waals surface area (Å²) in [6.07, 6.45) is 0. The van der Waals surface area contributed by atoms with Gasteiger partial charge in [-0.15, -0.1) is 0 Å². The third kappa shape index (κ3) is 2.83. The molecule has 0 saturated heterocycles. The van der Waals surface area contributed by atoms with Gasteiger partial charge in [-0.1, -0.05) is 17.7 Å². The van der Waals surface area contributed by atoms with Crippen LogP contribution >= 0.6 is 0 Å². The van der Waals surface area contributed by atoms with Gasteiger partial charge in [-0.25, -0.2) is 0 Å². The maximum atomic E-state index is 11.9. The lowest BCUT2D eigenvalue weighted by molar-refractivity contribution is 0.0921. The van der Waals surface area contributed by atoms with Gasteiger partial charge in [-0.3, -0.25) is 4.79 Å². The van der Waals surface area contributed by atoms with Crippen molar-refractivity contribution < 1.29 is 9.90 Å². The molecule has 2 N–H and O–H groups in total. The molecule has 16 heavy (non-hydrogen) atoms. The molecule has 0 fully saturated rings. The second-order valence-corrected chi connectivity index (χ2v) is 4.33. The molecule has 0 radical (unpaired) electrons. The highest BCUT2D eigenvalue weighted by Gasteiger charge is 2.14. The Labute approximate surface area is 96.5 Å². The molecule has 0 heterocycles. The lowest BCUT2D eigenvalue weighted by atomic mass is 9.99. The van der Waals surface area contributed by atoms with Crippen molar-refractivity contribution in [2.24, 2.45) is 0 Å². The Morgan fingerprint density at radius 1 is 1.31 bits per heavy atom. The normalized spacial score (nSPS) is 12.3. The zero-order valence-electron chi connectivity index (χ0n) is 10.3. The number of benzene rings is 1. The molecule has 88 valence electrons. The highest BCUT2D eigenvalue weighted by atomic mass is 16.3. The minimum absolute atomic E-state index is 0.0459. The zero-order chi connectivity index (χ0) is 12.3. The standard InChI is InChI=1S/C13H19NO2/c1-8-5-9(2)12(10(3)6-8)13(16)14-11(4)7-15/h5-6,11,15H,7H2,1-4H3,(H,14,16)/t11-/m1/s1. The first kappa shape index (κ1) is 12.7. The summed E-state index contributed by atoms with van der Waals surface area (Å²) >= 11 is 0. The molecule has 1 rings (SSSR count). The fourth-order valence-electron chi connectivity index (χ4n) is 1.88. The Morgan fingerprint density at radius 2 is 1.81 bits per heavy atom. The van der Waals surface area contributed by atoms with Crippen molar-refractivity contribution in [1.82, 2.24) is 5.32 Å². The molecule has 0 aromatic heterocycles. The van der Waals surface area contributed by atoms with Gasteiger partial charge in [-0.05, 0) is 38.8 Å². The van der Waals surface area contributed by atoms with Crippen molar-refractivity contribution in [3.8, 4) is 0 Å². The molecule has 0 aliphatic heterocycles. The van der Waals surface area contributed by atoms with E-state index in [1.54, 1.807) is 6.92 Å². The number of rotatable bonds is 3. The van der Waals surface area contributed by atoms with Crippen molar-refractivity contribution >= 4 is 5.91 Å². The molecule has 1 aromatic carbocycles. The van der Waals surface area contributed by atoms with E-state index in [1.807, 2.05) is 32.9 Å². The van der Waals surface area contributed by atoms with Crippen molar-refractivity contribution in [3.05, 3.63) is 34.4 Å². The summed E-state index contributed by atoms with van der Waals surface area (Å²) in [5, 5.41) is 11.7. The number of carbonyl (C=O) groups is 1. The average Bonchev–Trinajstić information content (AvgIpc) is 2.15. The lowest BCUT2D eigenvalue weighted by Crippen LogP contribution is -2.35. The number of nitrogens with one attached hydrogen (secondary N) is 1. The van der Waals surface area contributed by atoms with Gasteiger partial charge in [0.05, 0.1) is 6.61 Å². The number of carbonyl (C=O) groups excluding carboxylic acids is 1. The first-order valence-electron chi connectivity index (χ1n) is 5.45. The van der Waals surface area contributed by atoms with Gasteiger partial charge in [0.2, 0.25) is 0 Å². The summed E-state index contributed by atoms with van der Waals surface area (Å²) in [5.74, 6) is -0.114. The van der Waals surface area contributed by atoms with E-state index in [2.05, 4.69) is 5.32 Å². The summed E-state index contributed by atoms with van der Waals surface area (Å²) in [5.41, 5.74) is 3.81. The Kier molecular flexibility index (Phi) is 4.07. The number of amides is 1.